The van der Waals surface area contributed by atoms with Crippen LogP contribution in [0.2, 0.25) is 0 Å². The molecule has 0 saturated heterocycles. The molecule has 0 bridgehead atoms. The Morgan fingerprint density at radius 1 is 1.29 bits per heavy atom. The third kappa shape index (κ3) is 1.27. The van der Waals surface area contributed by atoms with E-state index in [-0.39, 0.29) is 0 Å². The molecule has 1 aromatic carbocycles. The molecule has 0 amide bonds. The van der Waals surface area contributed by atoms with Crippen LogP contribution in [0.1, 0.15) is 5.82 Å². The third-order valence-electron chi connectivity index (χ3n) is 2.46. The lowest BCUT2D eigenvalue weighted by atomic mass is 10.1. The van der Waals surface area contributed by atoms with Gasteiger partial charge in [-0.05, 0) is 13.0 Å². The van der Waals surface area contributed by atoms with E-state index in [9.17, 15) is 0 Å². The van der Waals surface area contributed by atoms with Gasteiger partial charge in [-0.15, -0.1) is 0 Å². The number of nitrogen functional groups attached to an aromatic ring is 1. The predicted molar refractivity (Wildman–Crippen MR) is 57.8 cm³/mol. The van der Waals surface area contributed by atoms with Crippen molar-refractivity contribution in [3.8, 4) is 11.3 Å². The van der Waals surface area contributed by atoms with Gasteiger partial charge in [0.2, 0.25) is 0 Å². The zero-order valence-corrected chi connectivity index (χ0v) is 8.36. The standard InChI is InChI=1S/C11H13N3/c1-8-13-7-11(14(8)2)9-5-3-4-6-10(9)12/h3-7H,12H2,1-2H3. The van der Waals surface area contributed by atoms with Crippen LogP contribution in [0.15, 0.2) is 30.5 Å². The molecule has 0 saturated carbocycles. The zero-order chi connectivity index (χ0) is 10.1. The maximum atomic E-state index is 5.89. The van der Waals surface area contributed by atoms with Crippen LogP contribution in [-0.4, -0.2) is 9.55 Å². The normalized spacial score (nSPS) is 10.4. The van der Waals surface area contributed by atoms with Gasteiger partial charge in [0.25, 0.3) is 0 Å². The zero-order valence-electron chi connectivity index (χ0n) is 8.36. The summed E-state index contributed by atoms with van der Waals surface area (Å²) >= 11 is 0. The Labute approximate surface area is 83.2 Å². The minimum atomic E-state index is 0.788. The van der Waals surface area contributed by atoms with Crippen molar-refractivity contribution in [3.05, 3.63) is 36.3 Å². The minimum Gasteiger partial charge on any atom is -0.398 e. The lowest BCUT2D eigenvalue weighted by Gasteiger charge is -2.06. The van der Waals surface area contributed by atoms with Crippen LogP contribution < -0.4 is 5.73 Å². The fourth-order valence-electron chi connectivity index (χ4n) is 1.48. The highest BCUT2D eigenvalue weighted by molar-refractivity contribution is 5.73. The van der Waals surface area contributed by atoms with Crippen molar-refractivity contribution in [1.29, 1.82) is 0 Å². The van der Waals surface area contributed by atoms with E-state index in [4.69, 9.17) is 5.73 Å². The number of para-hydroxylation sites is 1. The average molecular weight is 187 g/mol. The number of nitrogens with two attached hydrogens (primary N) is 1. The van der Waals surface area contributed by atoms with Crippen molar-refractivity contribution < 1.29 is 0 Å². The number of hydrogen-bond donors (Lipinski definition) is 1. The highest BCUT2D eigenvalue weighted by atomic mass is 15.1. The van der Waals surface area contributed by atoms with Gasteiger partial charge >= 0.3 is 0 Å². The molecule has 3 heteroatoms. The monoisotopic (exact) mass is 187 g/mol. The molecule has 0 aliphatic rings. The van der Waals surface area contributed by atoms with Crippen molar-refractivity contribution in [2.75, 3.05) is 5.73 Å². The van der Waals surface area contributed by atoms with E-state index in [1.54, 1.807) is 0 Å². The largest absolute Gasteiger partial charge is 0.398 e. The number of rotatable bonds is 1. The SMILES string of the molecule is Cc1ncc(-c2ccccc2N)n1C. The first kappa shape index (κ1) is 8.81. The first-order valence-corrected chi connectivity index (χ1v) is 4.53. The molecule has 1 aromatic heterocycles. The molecule has 72 valence electrons. The van der Waals surface area contributed by atoms with Crippen molar-refractivity contribution in [3.63, 3.8) is 0 Å². The summed E-state index contributed by atoms with van der Waals surface area (Å²) in [6.07, 6.45) is 1.85. The van der Waals surface area contributed by atoms with Gasteiger partial charge < -0.3 is 10.3 Å². The number of benzene rings is 1. The molecule has 0 fully saturated rings. The topological polar surface area (TPSA) is 43.8 Å². The predicted octanol–water partition coefficient (Wildman–Crippen LogP) is 1.98. The Balaban J connectivity index is 2.60. The van der Waals surface area contributed by atoms with Crippen LogP contribution in [0.5, 0.6) is 0 Å². The van der Waals surface area contributed by atoms with E-state index < -0.39 is 0 Å². The lowest BCUT2D eigenvalue weighted by molar-refractivity contribution is 0.865. The third-order valence-corrected chi connectivity index (χ3v) is 2.46. The summed E-state index contributed by atoms with van der Waals surface area (Å²) in [6.45, 7) is 1.97. The first-order valence-electron chi connectivity index (χ1n) is 4.53. The molecule has 2 N–H and O–H groups in total. The van der Waals surface area contributed by atoms with Crippen molar-refractivity contribution in [2.45, 2.75) is 6.92 Å². The van der Waals surface area contributed by atoms with Gasteiger partial charge in [0.15, 0.2) is 0 Å². The molecule has 0 radical (unpaired) electrons. The molecule has 2 aromatic rings. The smallest absolute Gasteiger partial charge is 0.105 e. The fourth-order valence-corrected chi connectivity index (χ4v) is 1.48. The second kappa shape index (κ2) is 3.18. The molecule has 0 aliphatic carbocycles. The number of imidazole rings is 1. The van der Waals surface area contributed by atoms with E-state index in [2.05, 4.69) is 4.98 Å². The van der Waals surface area contributed by atoms with E-state index in [0.29, 0.717) is 0 Å². The number of nitrogens with zero attached hydrogens (tertiary/aromatic N) is 2. The molecule has 3 nitrogen and oxygen atoms in total. The Kier molecular flexibility index (Phi) is 2.00. The van der Waals surface area contributed by atoms with E-state index >= 15 is 0 Å². The molecule has 2 rings (SSSR count). The van der Waals surface area contributed by atoms with E-state index in [1.165, 1.54) is 0 Å². The van der Waals surface area contributed by atoms with Crippen LogP contribution in [0.4, 0.5) is 5.69 Å². The number of hydrogen-bond acceptors (Lipinski definition) is 2. The summed E-state index contributed by atoms with van der Waals surface area (Å²) in [5.41, 5.74) is 8.77. The maximum absolute atomic E-state index is 5.89. The quantitative estimate of drug-likeness (QED) is 0.694. The summed E-state index contributed by atoms with van der Waals surface area (Å²) in [5, 5.41) is 0. The van der Waals surface area contributed by atoms with Crippen LogP contribution in [0, 0.1) is 6.92 Å². The molecular weight excluding hydrogens is 174 g/mol. The van der Waals surface area contributed by atoms with Crippen molar-refractivity contribution in [2.24, 2.45) is 7.05 Å². The molecule has 0 atom stereocenters. The Morgan fingerprint density at radius 2 is 2.00 bits per heavy atom. The number of aromatic nitrogens is 2. The van der Waals surface area contributed by atoms with Crippen LogP contribution in [-0.2, 0) is 7.05 Å². The minimum absolute atomic E-state index is 0.788. The number of aryl methyl sites for hydroxylation is 1. The Morgan fingerprint density at radius 3 is 2.57 bits per heavy atom. The lowest BCUT2D eigenvalue weighted by Crippen LogP contribution is -1.96. The maximum Gasteiger partial charge on any atom is 0.105 e. The van der Waals surface area contributed by atoms with Crippen LogP contribution >= 0.6 is 0 Å². The molecular formula is C11H13N3. The van der Waals surface area contributed by atoms with Gasteiger partial charge in [0.1, 0.15) is 5.82 Å². The fraction of sp³-hybridized carbons (Fsp3) is 0.182. The van der Waals surface area contributed by atoms with Gasteiger partial charge in [-0.2, -0.15) is 0 Å². The van der Waals surface area contributed by atoms with Crippen LogP contribution in [0.25, 0.3) is 11.3 Å². The molecule has 14 heavy (non-hydrogen) atoms. The second-order valence-electron chi connectivity index (χ2n) is 3.34. The second-order valence-corrected chi connectivity index (χ2v) is 3.34. The summed E-state index contributed by atoms with van der Waals surface area (Å²) < 4.78 is 2.03. The summed E-state index contributed by atoms with van der Waals surface area (Å²) in [7, 11) is 1.99. The summed E-state index contributed by atoms with van der Waals surface area (Å²) in [5.74, 6) is 0.989. The summed E-state index contributed by atoms with van der Waals surface area (Å²) in [4.78, 5) is 4.24. The van der Waals surface area contributed by atoms with Gasteiger partial charge in [-0.3, -0.25) is 0 Å². The first-order chi connectivity index (χ1) is 6.70. The van der Waals surface area contributed by atoms with Gasteiger partial charge in [0, 0.05) is 18.3 Å². The average Bonchev–Trinajstić information content (AvgIpc) is 2.49. The molecule has 1 heterocycles. The van der Waals surface area contributed by atoms with Crippen molar-refractivity contribution >= 4 is 5.69 Å². The summed E-state index contributed by atoms with van der Waals surface area (Å²) in [6, 6.07) is 7.82. The van der Waals surface area contributed by atoms with Gasteiger partial charge in [0.05, 0.1) is 11.9 Å². The van der Waals surface area contributed by atoms with Gasteiger partial charge in [-0.1, -0.05) is 18.2 Å². The van der Waals surface area contributed by atoms with Crippen LogP contribution in [0.3, 0.4) is 0 Å². The van der Waals surface area contributed by atoms with Gasteiger partial charge in [-0.25, -0.2) is 4.98 Å². The van der Waals surface area contributed by atoms with E-state index in [1.807, 2.05) is 49.0 Å². The molecule has 0 spiro atoms. The Bertz CT molecular complexity index is 457. The Hall–Kier alpha value is -1.77. The molecule has 0 aliphatic heterocycles. The van der Waals surface area contributed by atoms with E-state index in [0.717, 1.165) is 22.8 Å². The number of anilines is 1. The highest BCUT2D eigenvalue weighted by Crippen LogP contribution is 2.25. The molecule has 0 unspecified atom stereocenters. The highest BCUT2D eigenvalue weighted by Gasteiger charge is 2.07. The van der Waals surface area contributed by atoms with Crippen molar-refractivity contribution in [1.82, 2.24) is 9.55 Å².